The summed E-state index contributed by atoms with van der Waals surface area (Å²) in [5.41, 5.74) is 0.546. The van der Waals surface area contributed by atoms with Crippen LogP contribution in [0.1, 0.15) is 67.6 Å². The number of fused-ring (bicyclic) bond motifs is 1. The first-order valence-corrected chi connectivity index (χ1v) is 7.94. The fraction of sp³-hybridized carbons (Fsp3) is 0.647. The Morgan fingerprint density at radius 2 is 2.09 bits per heavy atom. The maximum atomic E-state index is 12.3. The van der Waals surface area contributed by atoms with Crippen LogP contribution in [-0.2, 0) is 22.0 Å². The lowest BCUT2D eigenvalue weighted by Gasteiger charge is -2.38. The van der Waals surface area contributed by atoms with Gasteiger partial charge in [-0.2, -0.15) is 0 Å². The van der Waals surface area contributed by atoms with E-state index >= 15 is 0 Å². The van der Waals surface area contributed by atoms with Gasteiger partial charge in [0.25, 0.3) is 0 Å². The molecule has 1 aromatic rings. The third kappa shape index (κ3) is 2.53. The number of carbonyl (C=O) groups excluding carboxylic acids is 1. The minimum Gasteiger partial charge on any atom is -0.480 e. The number of aliphatic carboxylic acids is 1. The van der Waals surface area contributed by atoms with E-state index in [0.29, 0.717) is 17.7 Å². The van der Waals surface area contributed by atoms with Crippen molar-refractivity contribution >= 4 is 11.9 Å². The van der Waals surface area contributed by atoms with E-state index in [-0.39, 0.29) is 0 Å². The van der Waals surface area contributed by atoms with Crippen LogP contribution >= 0.6 is 0 Å². The number of carboxylic acid groups (broad SMARTS) is 1. The fourth-order valence-electron chi connectivity index (χ4n) is 3.47. The minimum atomic E-state index is -1.20. The zero-order valence-electron chi connectivity index (χ0n) is 13.8. The van der Waals surface area contributed by atoms with E-state index in [4.69, 9.17) is 4.74 Å². The number of hydrogen-bond acceptors (Lipinski definition) is 3. The SMILES string of the molecule is CCCCCCC1OC(=O)c2c(C)cn(C)c2C1(C)C(=O)O. The molecule has 2 heterocycles. The van der Waals surface area contributed by atoms with E-state index < -0.39 is 23.5 Å². The average Bonchev–Trinajstić information content (AvgIpc) is 2.75. The molecule has 122 valence electrons. The molecule has 0 radical (unpaired) electrons. The summed E-state index contributed by atoms with van der Waals surface area (Å²) in [6.45, 7) is 5.61. The van der Waals surface area contributed by atoms with Crippen LogP contribution in [0.25, 0.3) is 0 Å². The summed E-state index contributed by atoms with van der Waals surface area (Å²) in [5.74, 6) is -1.34. The Kier molecular flexibility index (Phi) is 4.63. The van der Waals surface area contributed by atoms with E-state index in [1.807, 2.05) is 6.92 Å². The Balaban J connectivity index is 2.39. The van der Waals surface area contributed by atoms with Crippen LogP contribution in [0.2, 0.25) is 0 Å². The number of rotatable bonds is 6. The number of carbonyl (C=O) groups is 2. The highest BCUT2D eigenvalue weighted by Crippen LogP contribution is 2.41. The quantitative estimate of drug-likeness (QED) is 0.647. The summed E-state index contributed by atoms with van der Waals surface area (Å²) in [6, 6.07) is 0. The van der Waals surface area contributed by atoms with Crippen molar-refractivity contribution < 1.29 is 19.4 Å². The molecule has 0 saturated heterocycles. The summed E-state index contributed by atoms with van der Waals surface area (Å²) < 4.78 is 7.29. The Morgan fingerprint density at radius 1 is 1.41 bits per heavy atom. The van der Waals surface area contributed by atoms with Gasteiger partial charge in [0.05, 0.1) is 11.3 Å². The number of hydrogen-bond donors (Lipinski definition) is 1. The molecule has 0 saturated carbocycles. The molecule has 1 N–H and O–H groups in total. The Hall–Kier alpha value is -1.78. The molecular weight excluding hydrogens is 282 g/mol. The van der Waals surface area contributed by atoms with Crippen molar-refractivity contribution in [3.63, 3.8) is 0 Å². The van der Waals surface area contributed by atoms with Gasteiger partial charge in [-0.15, -0.1) is 0 Å². The van der Waals surface area contributed by atoms with Crippen molar-refractivity contribution in [2.75, 3.05) is 0 Å². The second-order valence-electron chi connectivity index (χ2n) is 6.40. The van der Waals surface area contributed by atoms with Crippen LogP contribution in [0.5, 0.6) is 0 Å². The number of carboxylic acids is 1. The van der Waals surface area contributed by atoms with Gasteiger partial charge in [-0.1, -0.05) is 26.2 Å². The number of nitrogens with zero attached hydrogens (tertiary/aromatic N) is 1. The van der Waals surface area contributed by atoms with Crippen LogP contribution in [0.15, 0.2) is 6.20 Å². The van der Waals surface area contributed by atoms with Gasteiger partial charge >= 0.3 is 11.9 Å². The number of ether oxygens (including phenoxy) is 1. The van der Waals surface area contributed by atoms with E-state index in [0.717, 1.165) is 31.2 Å². The fourth-order valence-corrected chi connectivity index (χ4v) is 3.47. The highest BCUT2D eigenvalue weighted by Gasteiger charge is 2.53. The van der Waals surface area contributed by atoms with Gasteiger partial charge in [0, 0.05) is 13.2 Å². The van der Waals surface area contributed by atoms with Crippen molar-refractivity contribution in [3.05, 3.63) is 23.0 Å². The number of aromatic nitrogens is 1. The van der Waals surface area contributed by atoms with Gasteiger partial charge in [0.1, 0.15) is 11.5 Å². The number of cyclic esters (lactones) is 1. The van der Waals surface area contributed by atoms with Crippen LogP contribution < -0.4 is 0 Å². The predicted molar refractivity (Wildman–Crippen MR) is 83.1 cm³/mol. The van der Waals surface area contributed by atoms with E-state index in [9.17, 15) is 14.7 Å². The van der Waals surface area contributed by atoms with Crippen molar-refractivity contribution in [1.82, 2.24) is 4.57 Å². The topological polar surface area (TPSA) is 68.5 Å². The second-order valence-corrected chi connectivity index (χ2v) is 6.40. The molecule has 0 bridgehead atoms. The van der Waals surface area contributed by atoms with Crippen LogP contribution in [0.3, 0.4) is 0 Å². The summed E-state index contributed by atoms with van der Waals surface area (Å²) in [4.78, 5) is 24.3. The summed E-state index contributed by atoms with van der Waals surface area (Å²) >= 11 is 0. The molecule has 0 aliphatic carbocycles. The molecular formula is C17H25NO4. The first-order valence-electron chi connectivity index (χ1n) is 7.94. The molecule has 22 heavy (non-hydrogen) atoms. The standard InChI is InChI=1S/C17H25NO4/c1-5-6-7-8-9-12-17(3,16(20)21)14-13(15(19)22-12)11(2)10-18(14)4/h10,12H,5-9H2,1-4H3,(H,20,21). The molecule has 0 spiro atoms. The van der Waals surface area contributed by atoms with Crippen LogP contribution in [-0.4, -0.2) is 27.7 Å². The molecule has 2 rings (SSSR count). The maximum Gasteiger partial charge on any atom is 0.340 e. The summed E-state index contributed by atoms with van der Waals surface area (Å²) in [5, 5.41) is 9.83. The molecule has 1 aliphatic heterocycles. The lowest BCUT2D eigenvalue weighted by atomic mass is 9.75. The minimum absolute atomic E-state index is 0.396. The number of unbranched alkanes of at least 4 members (excludes halogenated alkanes) is 3. The molecule has 5 nitrogen and oxygen atoms in total. The van der Waals surface area contributed by atoms with Crippen LogP contribution in [0.4, 0.5) is 0 Å². The molecule has 0 amide bonds. The molecule has 1 aromatic heterocycles. The zero-order chi connectivity index (χ0) is 16.5. The van der Waals surface area contributed by atoms with Gasteiger partial charge in [0.2, 0.25) is 0 Å². The Labute approximate surface area is 131 Å². The summed E-state index contributed by atoms with van der Waals surface area (Å²) in [7, 11) is 1.79. The van der Waals surface area contributed by atoms with Gasteiger partial charge in [-0.25, -0.2) is 4.79 Å². The van der Waals surface area contributed by atoms with Crippen molar-refractivity contribution in [2.24, 2.45) is 7.05 Å². The first-order chi connectivity index (χ1) is 10.3. The van der Waals surface area contributed by atoms with Gasteiger partial charge in [0.15, 0.2) is 0 Å². The normalized spacial score (nSPS) is 24.0. The molecule has 1 aliphatic rings. The maximum absolute atomic E-state index is 12.3. The predicted octanol–water partition coefficient (Wildman–Crippen LogP) is 3.19. The van der Waals surface area contributed by atoms with E-state index in [1.165, 1.54) is 0 Å². The summed E-state index contributed by atoms with van der Waals surface area (Å²) in [6.07, 6.45) is 5.88. The highest BCUT2D eigenvalue weighted by molar-refractivity contribution is 5.98. The largest absolute Gasteiger partial charge is 0.480 e. The first kappa shape index (κ1) is 16.6. The lowest BCUT2D eigenvalue weighted by Crippen LogP contribution is -2.51. The average molecular weight is 307 g/mol. The van der Waals surface area contributed by atoms with Crippen molar-refractivity contribution in [2.45, 2.75) is 64.4 Å². The molecule has 5 heteroatoms. The van der Waals surface area contributed by atoms with E-state index in [1.54, 1.807) is 24.7 Å². The second kappa shape index (κ2) is 6.15. The third-order valence-electron chi connectivity index (χ3n) is 4.72. The molecule has 0 fully saturated rings. The lowest BCUT2D eigenvalue weighted by molar-refractivity contribution is -0.149. The van der Waals surface area contributed by atoms with Gasteiger partial charge in [-0.3, -0.25) is 4.79 Å². The third-order valence-corrected chi connectivity index (χ3v) is 4.72. The zero-order valence-corrected chi connectivity index (χ0v) is 13.8. The smallest absolute Gasteiger partial charge is 0.340 e. The molecule has 0 aromatic carbocycles. The van der Waals surface area contributed by atoms with Crippen molar-refractivity contribution in [1.29, 1.82) is 0 Å². The number of esters is 1. The van der Waals surface area contributed by atoms with Gasteiger partial charge in [-0.05, 0) is 32.3 Å². The highest BCUT2D eigenvalue weighted by atomic mass is 16.5. The monoisotopic (exact) mass is 307 g/mol. The molecule has 2 atom stereocenters. The Bertz CT molecular complexity index is 590. The van der Waals surface area contributed by atoms with E-state index in [2.05, 4.69) is 6.92 Å². The van der Waals surface area contributed by atoms with Crippen LogP contribution in [0, 0.1) is 6.92 Å². The molecule has 2 unspecified atom stereocenters. The van der Waals surface area contributed by atoms with Crippen molar-refractivity contribution in [3.8, 4) is 0 Å². The Morgan fingerprint density at radius 3 is 2.68 bits per heavy atom. The van der Waals surface area contributed by atoms with Gasteiger partial charge < -0.3 is 14.4 Å². The number of aryl methyl sites for hydroxylation is 2.